The quantitative estimate of drug-likeness (QED) is 0.915. The van der Waals surface area contributed by atoms with Crippen LogP contribution in [0.5, 0.6) is 0 Å². The van der Waals surface area contributed by atoms with E-state index in [2.05, 4.69) is 15.3 Å². The molecule has 2 aliphatic rings. The van der Waals surface area contributed by atoms with Crippen LogP contribution in [0.4, 0.5) is 8.78 Å². The predicted octanol–water partition coefficient (Wildman–Crippen LogP) is 3.16. The third kappa shape index (κ3) is 4.47. The minimum Gasteiger partial charge on any atom is -0.370 e. The summed E-state index contributed by atoms with van der Waals surface area (Å²) in [4.78, 5) is 20.7. The minimum absolute atomic E-state index is 0.0358. The third-order valence-corrected chi connectivity index (χ3v) is 4.75. The molecular weight excluding hydrogens is 316 g/mol. The fraction of sp³-hybridized carbons (Fsp3) is 0.706. The van der Waals surface area contributed by atoms with Gasteiger partial charge in [0.25, 0.3) is 0 Å². The van der Waals surface area contributed by atoms with Gasteiger partial charge in [-0.05, 0) is 32.1 Å². The van der Waals surface area contributed by atoms with Crippen LogP contribution in [0.15, 0.2) is 12.4 Å². The molecule has 1 aromatic rings. The number of hydrogen-bond donors (Lipinski definition) is 1. The summed E-state index contributed by atoms with van der Waals surface area (Å²) >= 11 is 0. The maximum absolute atomic E-state index is 13.1. The summed E-state index contributed by atoms with van der Waals surface area (Å²) < 4.78 is 31.9. The summed E-state index contributed by atoms with van der Waals surface area (Å²) in [5.74, 6) is -2.41. The van der Waals surface area contributed by atoms with Gasteiger partial charge in [0.1, 0.15) is 6.10 Å². The van der Waals surface area contributed by atoms with Gasteiger partial charge in [-0.15, -0.1) is 0 Å². The number of nitrogens with zero attached hydrogens (tertiary/aromatic N) is 2. The molecule has 2 heterocycles. The number of hydrogen-bond acceptors (Lipinski definition) is 4. The van der Waals surface area contributed by atoms with E-state index in [0.29, 0.717) is 12.4 Å². The highest BCUT2D eigenvalue weighted by molar-refractivity contribution is 5.78. The Morgan fingerprint density at radius 1 is 1.21 bits per heavy atom. The lowest BCUT2D eigenvalue weighted by atomic mass is 9.86. The van der Waals surface area contributed by atoms with Crippen molar-refractivity contribution in [3.05, 3.63) is 23.8 Å². The monoisotopic (exact) mass is 339 g/mol. The summed E-state index contributed by atoms with van der Waals surface area (Å²) in [5, 5.41) is 2.80. The van der Waals surface area contributed by atoms with Crippen molar-refractivity contribution in [2.75, 3.05) is 6.61 Å². The number of carbonyl (C=O) groups is 1. The lowest BCUT2D eigenvalue weighted by molar-refractivity contribution is -0.129. The number of aromatic nitrogens is 2. The molecule has 2 fully saturated rings. The predicted molar refractivity (Wildman–Crippen MR) is 83.3 cm³/mol. The van der Waals surface area contributed by atoms with E-state index in [4.69, 9.17) is 4.74 Å². The van der Waals surface area contributed by atoms with Crippen molar-refractivity contribution >= 4 is 5.91 Å². The summed E-state index contributed by atoms with van der Waals surface area (Å²) in [5.41, 5.74) is 0.795. The maximum atomic E-state index is 13.1. The van der Waals surface area contributed by atoms with Crippen molar-refractivity contribution in [1.29, 1.82) is 0 Å². The first-order valence-electron chi connectivity index (χ1n) is 8.61. The summed E-state index contributed by atoms with van der Waals surface area (Å²) in [7, 11) is 0. The molecule has 1 saturated carbocycles. The number of alkyl halides is 2. The minimum atomic E-state index is -2.61. The van der Waals surface area contributed by atoms with E-state index < -0.39 is 5.92 Å². The van der Waals surface area contributed by atoms with Crippen LogP contribution in [0, 0.1) is 5.92 Å². The average Bonchev–Trinajstić information content (AvgIpc) is 2.61. The Morgan fingerprint density at radius 2 is 1.92 bits per heavy atom. The molecule has 0 radical (unpaired) electrons. The van der Waals surface area contributed by atoms with Crippen molar-refractivity contribution in [2.45, 2.75) is 63.5 Å². The van der Waals surface area contributed by atoms with Gasteiger partial charge in [-0.25, -0.2) is 18.7 Å². The topological polar surface area (TPSA) is 64.1 Å². The van der Waals surface area contributed by atoms with Crippen molar-refractivity contribution in [3.8, 4) is 0 Å². The van der Waals surface area contributed by atoms with Gasteiger partial charge >= 0.3 is 0 Å². The van der Waals surface area contributed by atoms with E-state index >= 15 is 0 Å². The molecule has 1 aromatic heterocycles. The molecule has 3 rings (SSSR count). The smallest absolute Gasteiger partial charge is 0.248 e. The van der Waals surface area contributed by atoms with E-state index in [1.54, 1.807) is 12.4 Å². The summed E-state index contributed by atoms with van der Waals surface area (Å²) in [6, 6.07) is 0. The SMILES string of the molecule is O=C(NCc1cnc([C@@H]2CCCCO2)nc1)C1CCC(F)(F)CC1. The zero-order valence-electron chi connectivity index (χ0n) is 13.6. The summed E-state index contributed by atoms with van der Waals surface area (Å²) in [6.07, 6.45) is 6.55. The van der Waals surface area contributed by atoms with Crippen molar-refractivity contribution < 1.29 is 18.3 Å². The zero-order valence-corrected chi connectivity index (χ0v) is 13.6. The number of carbonyl (C=O) groups excluding carboxylic acids is 1. The first-order chi connectivity index (χ1) is 11.5. The Hall–Kier alpha value is -1.63. The van der Waals surface area contributed by atoms with E-state index in [1.807, 2.05) is 0 Å². The standard InChI is InChI=1S/C17H23F2N3O2/c18-17(19)6-4-13(5-7-17)16(23)22-11-12-9-20-15(21-10-12)14-3-1-2-8-24-14/h9-10,13-14H,1-8,11H2,(H,22,23)/t14-/m0/s1. The van der Waals surface area contributed by atoms with E-state index in [-0.39, 0.29) is 43.6 Å². The molecule has 132 valence electrons. The Morgan fingerprint density at radius 3 is 2.54 bits per heavy atom. The highest BCUT2D eigenvalue weighted by Gasteiger charge is 2.37. The molecule has 1 N–H and O–H groups in total. The van der Waals surface area contributed by atoms with Gasteiger partial charge in [-0.1, -0.05) is 0 Å². The van der Waals surface area contributed by atoms with Gasteiger partial charge in [0.15, 0.2) is 5.82 Å². The molecule has 1 aliphatic carbocycles. The van der Waals surface area contributed by atoms with Gasteiger partial charge in [0, 0.05) is 49.9 Å². The fourth-order valence-electron chi connectivity index (χ4n) is 3.20. The van der Waals surface area contributed by atoms with Crippen molar-refractivity contribution in [1.82, 2.24) is 15.3 Å². The highest BCUT2D eigenvalue weighted by atomic mass is 19.3. The number of ether oxygens (including phenoxy) is 1. The second kappa shape index (κ2) is 7.51. The van der Waals surface area contributed by atoms with E-state index in [9.17, 15) is 13.6 Å². The van der Waals surface area contributed by atoms with Gasteiger partial charge in [0.05, 0.1) is 0 Å². The molecule has 0 aromatic carbocycles. The second-order valence-electron chi connectivity index (χ2n) is 6.65. The van der Waals surface area contributed by atoms with Gasteiger partial charge in [0.2, 0.25) is 11.8 Å². The molecule has 1 atom stereocenters. The molecular formula is C17H23F2N3O2. The average molecular weight is 339 g/mol. The van der Waals surface area contributed by atoms with Crippen LogP contribution in [-0.2, 0) is 16.1 Å². The Balaban J connectivity index is 1.47. The van der Waals surface area contributed by atoms with Crippen LogP contribution in [0.3, 0.4) is 0 Å². The van der Waals surface area contributed by atoms with Crippen LogP contribution in [0.1, 0.15) is 62.4 Å². The van der Waals surface area contributed by atoms with Gasteiger partial charge in [-0.2, -0.15) is 0 Å². The van der Waals surface area contributed by atoms with Crippen LogP contribution in [0.2, 0.25) is 0 Å². The van der Waals surface area contributed by atoms with Crippen LogP contribution in [0.25, 0.3) is 0 Å². The zero-order chi connectivity index (χ0) is 17.0. The molecule has 0 unspecified atom stereocenters. The van der Waals surface area contributed by atoms with Crippen molar-refractivity contribution in [2.24, 2.45) is 5.92 Å². The molecule has 5 nitrogen and oxygen atoms in total. The first kappa shape index (κ1) is 17.2. The van der Waals surface area contributed by atoms with Crippen LogP contribution in [-0.4, -0.2) is 28.4 Å². The lowest BCUT2D eigenvalue weighted by Crippen LogP contribution is -2.35. The Labute approximate surface area is 140 Å². The third-order valence-electron chi connectivity index (χ3n) is 4.75. The van der Waals surface area contributed by atoms with Crippen LogP contribution < -0.4 is 5.32 Å². The number of rotatable bonds is 4. The van der Waals surface area contributed by atoms with Crippen LogP contribution >= 0.6 is 0 Å². The molecule has 0 bridgehead atoms. The largest absolute Gasteiger partial charge is 0.370 e. The summed E-state index contributed by atoms with van der Waals surface area (Å²) in [6.45, 7) is 1.06. The first-order valence-corrected chi connectivity index (χ1v) is 8.61. The number of amides is 1. The normalized spacial score (nSPS) is 24.5. The number of halogens is 2. The highest BCUT2D eigenvalue weighted by Crippen LogP contribution is 2.36. The molecule has 24 heavy (non-hydrogen) atoms. The lowest BCUT2D eigenvalue weighted by Gasteiger charge is -2.27. The Bertz CT molecular complexity index is 549. The number of nitrogens with one attached hydrogen (secondary N) is 1. The molecule has 1 amide bonds. The second-order valence-corrected chi connectivity index (χ2v) is 6.65. The Kier molecular flexibility index (Phi) is 5.38. The molecule has 7 heteroatoms. The van der Waals surface area contributed by atoms with E-state index in [1.165, 1.54) is 0 Å². The molecule has 1 aliphatic heterocycles. The van der Waals surface area contributed by atoms with E-state index in [0.717, 1.165) is 31.4 Å². The molecule has 0 spiro atoms. The fourth-order valence-corrected chi connectivity index (χ4v) is 3.20. The molecule has 1 saturated heterocycles. The van der Waals surface area contributed by atoms with Gasteiger partial charge in [-0.3, -0.25) is 4.79 Å². The maximum Gasteiger partial charge on any atom is 0.248 e. The van der Waals surface area contributed by atoms with Crippen molar-refractivity contribution in [3.63, 3.8) is 0 Å². The van der Waals surface area contributed by atoms with Gasteiger partial charge < -0.3 is 10.1 Å².